The molecular weight excluding hydrogens is 683 g/mol. The molecule has 0 saturated heterocycles. The standard InChI is InChI=1S/C41H79O10P/c1-3-5-7-9-11-13-15-17-18-19-21-23-25-27-29-31-33-41(45)51-39(37-50-52(46,47)49-35-38(43)34-42)36-48-40(44)32-30-28-26-24-22-20-16-14-12-10-8-6-4-2/h20,22,38-39,42-43H,3-19,21,23-37H2,1-2H3,(H,46,47)/b22-20+/t38-,39+/m0/s1. The van der Waals surface area contributed by atoms with Crippen molar-refractivity contribution in [2.75, 3.05) is 26.4 Å². The van der Waals surface area contributed by atoms with Crippen molar-refractivity contribution in [3.8, 4) is 0 Å². The SMILES string of the molecule is CCCCCCCC/C=C/CCCCCC(=O)OC[C@H](COP(=O)(O)OC[C@@H](O)CO)OC(=O)CCCCCCCCCCCCCCCCCC. The largest absolute Gasteiger partial charge is 0.472 e. The molecule has 52 heavy (non-hydrogen) atoms. The van der Waals surface area contributed by atoms with Crippen LogP contribution in [0.25, 0.3) is 0 Å². The second-order valence-electron chi connectivity index (χ2n) is 14.4. The van der Waals surface area contributed by atoms with Crippen LogP contribution in [0, 0.1) is 0 Å². The maximum Gasteiger partial charge on any atom is 0.472 e. The van der Waals surface area contributed by atoms with Crippen molar-refractivity contribution >= 4 is 19.8 Å². The van der Waals surface area contributed by atoms with Gasteiger partial charge in [0.2, 0.25) is 0 Å². The van der Waals surface area contributed by atoms with E-state index in [2.05, 4.69) is 30.5 Å². The normalized spacial score (nSPS) is 14.0. The van der Waals surface area contributed by atoms with Crippen LogP contribution in [0.1, 0.15) is 200 Å². The van der Waals surface area contributed by atoms with Gasteiger partial charge in [-0.2, -0.15) is 0 Å². The average molecular weight is 763 g/mol. The Morgan fingerprint density at radius 2 is 0.942 bits per heavy atom. The van der Waals surface area contributed by atoms with E-state index in [1.165, 1.54) is 116 Å². The van der Waals surface area contributed by atoms with Crippen LogP contribution >= 0.6 is 7.82 Å². The Balaban J connectivity index is 4.30. The van der Waals surface area contributed by atoms with Gasteiger partial charge in [0, 0.05) is 12.8 Å². The maximum absolute atomic E-state index is 12.6. The van der Waals surface area contributed by atoms with E-state index in [0.29, 0.717) is 12.8 Å². The average Bonchev–Trinajstić information content (AvgIpc) is 3.13. The Labute approximate surface area is 317 Å². The predicted octanol–water partition coefficient (Wildman–Crippen LogP) is 10.8. The van der Waals surface area contributed by atoms with Crippen LogP contribution in [0.2, 0.25) is 0 Å². The molecule has 0 heterocycles. The third-order valence-corrected chi connectivity index (χ3v) is 10.1. The molecule has 308 valence electrons. The van der Waals surface area contributed by atoms with E-state index in [1.54, 1.807) is 0 Å². The number of esters is 2. The first-order valence-corrected chi connectivity index (χ1v) is 22.6. The molecule has 11 heteroatoms. The van der Waals surface area contributed by atoms with Gasteiger partial charge in [0.05, 0.1) is 19.8 Å². The van der Waals surface area contributed by atoms with Gasteiger partial charge in [-0.15, -0.1) is 0 Å². The van der Waals surface area contributed by atoms with Crippen molar-refractivity contribution in [3.63, 3.8) is 0 Å². The van der Waals surface area contributed by atoms with Gasteiger partial charge in [-0.25, -0.2) is 4.57 Å². The van der Waals surface area contributed by atoms with E-state index in [-0.39, 0.29) is 19.4 Å². The Morgan fingerprint density at radius 3 is 1.40 bits per heavy atom. The van der Waals surface area contributed by atoms with E-state index >= 15 is 0 Å². The smallest absolute Gasteiger partial charge is 0.462 e. The molecule has 0 aromatic rings. The fraction of sp³-hybridized carbons (Fsp3) is 0.902. The van der Waals surface area contributed by atoms with Gasteiger partial charge in [-0.05, 0) is 38.5 Å². The van der Waals surface area contributed by atoms with Gasteiger partial charge in [-0.1, -0.05) is 161 Å². The van der Waals surface area contributed by atoms with Crippen LogP contribution in [-0.4, -0.2) is 65.7 Å². The Kier molecular flexibility index (Phi) is 37.1. The molecular formula is C41H79O10P. The second-order valence-corrected chi connectivity index (χ2v) is 15.8. The van der Waals surface area contributed by atoms with Crippen LogP contribution < -0.4 is 0 Å². The Hall–Kier alpha value is -1.29. The first kappa shape index (κ1) is 50.7. The number of aliphatic hydroxyl groups is 2. The van der Waals surface area contributed by atoms with Gasteiger partial charge in [0.15, 0.2) is 6.10 Å². The highest BCUT2D eigenvalue weighted by molar-refractivity contribution is 7.47. The number of hydrogen-bond donors (Lipinski definition) is 3. The van der Waals surface area contributed by atoms with Gasteiger partial charge in [0.1, 0.15) is 12.7 Å². The first-order valence-electron chi connectivity index (χ1n) is 21.1. The lowest BCUT2D eigenvalue weighted by Crippen LogP contribution is -2.29. The van der Waals surface area contributed by atoms with Crippen molar-refractivity contribution in [1.82, 2.24) is 0 Å². The summed E-state index contributed by atoms with van der Waals surface area (Å²) >= 11 is 0. The molecule has 0 amide bonds. The molecule has 1 unspecified atom stereocenters. The number of unbranched alkanes of at least 4 members (excludes halogenated alkanes) is 24. The van der Waals surface area contributed by atoms with Crippen LogP contribution in [0.15, 0.2) is 12.2 Å². The number of hydrogen-bond acceptors (Lipinski definition) is 9. The molecule has 0 aromatic carbocycles. The molecule has 0 aliphatic heterocycles. The summed E-state index contributed by atoms with van der Waals surface area (Å²) in [6, 6.07) is 0. The molecule has 0 spiro atoms. The summed E-state index contributed by atoms with van der Waals surface area (Å²) in [5.41, 5.74) is 0. The molecule has 3 N–H and O–H groups in total. The summed E-state index contributed by atoms with van der Waals surface area (Å²) in [6.45, 7) is 2.37. The highest BCUT2D eigenvalue weighted by Crippen LogP contribution is 2.43. The van der Waals surface area contributed by atoms with Gasteiger partial charge in [-0.3, -0.25) is 18.6 Å². The Bertz CT molecular complexity index is 884. The molecule has 0 aliphatic rings. The highest BCUT2D eigenvalue weighted by atomic mass is 31.2. The van der Waals surface area contributed by atoms with Crippen molar-refractivity contribution in [2.24, 2.45) is 0 Å². The molecule has 0 saturated carbocycles. The summed E-state index contributed by atoms with van der Waals surface area (Å²) in [4.78, 5) is 34.9. The molecule has 3 atom stereocenters. The lowest BCUT2D eigenvalue weighted by atomic mass is 10.0. The van der Waals surface area contributed by atoms with Gasteiger partial charge >= 0.3 is 19.8 Å². The van der Waals surface area contributed by atoms with Crippen molar-refractivity contribution in [3.05, 3.63) is 12.2 Å². The molecule has 0 bridgehead atoms. The highest BCUT2D eigenvalue weighted by Gasteiger charge is 2.27. The Morgan fingerprint density at radius 1 is 0.558 bits per heavy atom. The molecule has 0 fully saturated rings. The minimum Gasteiger partial charge on any atom is -0.462 e. The maximum atomic E-state index is 12.6. The van der Waals surface area contributed by atoms with E-state index in [4.69, 9.17) is 19.1 Å². The topological polar surface area (TPSA) is 149 Å². The number of rotatable bonds is 40. The number of phosphoric ester groups is 1. The number of carbonyl (C=O) groups is 2. The minimum absolute atomic E-state index is 0.187. The number of aliphatic hydroxyl groups excluding tert-OH is 2. The second kappa shape index (κ2) is 38.0. The van der Waals surface area contributed by atoms with E-state index < -0.39 is 51.8 Å². The number of carbonyl (C=O) groups excluding carboxylic acids is 2. The van der Waals surface area contributed by atoms with Crippen molar-refractivity contribution < 1.29 is 47.8 Å². The van der Waals surface area contributed by atoms with Crippen LogP contribution in [0.5, 0.6) is 0 Å². The zero-order valence-corrected chi connectivity index (χ0v) is 34.2. The van der Waals surface area contributed by atoms with Gasteiger partial charge in [0.25, 0.3) is 0 Å². The first-order chi connectivity index (χ1) is 25.2. The fourth-order valence-corrected chi connectivity index (χ4v) is 6.66. The quantitative estimate of drug-likeness (QED) is 0.0238. The molecule has 0 rings (SSSR count). The van der Waals surface area contributed by atoms with E-state index in [0.717, 1.165) is 44.9 Å². The van der Waals surface area contributed by atoms with E-state index in [1.807, 2.05) is 0 Å². The summed E-state index contributed by atoms with van der Waals surface area (Å²) < 4.78 is 32.7. The summed E-state index contributed by atoms with van der Waals surface area (Å²) in [5.74, 6) is -0.934. The van der Waals surface area contributed by atoms with Crippen molar-refractivity contribution in [1.29, 1.82) is 0 Å². The summed E-state index contributed by atoms with van der Waals surface area (Å²) in [7, 11) is -4.61. The third kappa shape index (κ3) is 37.0. The van der Waals surface area contributed by atoms with E-state index in [9.17, 15) is 24.2 Å². The molecule has 0 radical (unpaired) electrons. The lowest BCUT2D eigenvalue weighted by molar-refractivity contribution is -0.161. The monoisotopic (exact) mass is 763 g/mol. The number of phosphoric acid groups is 1. The van der Waals surface area contributed by atoms with Crippen LogP contribution in [0.3, 0.4) is 0 Å². The van der Waals surface area contributed by atoms with Gasteiger partial charge < -0.3 is 24.6 Å². The lowest BCUT2D eigenvalue weighted by Gasteiger charge is -2.20. The number of allylic oxidation sites excluding steroid dienone is 2. The third-order valence-electron chi connectivity index (χ3n) is 9.17. The molecule has 0 aliphatic carbocycles. The fourth-order valence-electron chi connectivity index (χ4n) is 5.87. The number of ether oxygens (including phenoxy) is 2. The van der Waals surface area contributed by atoms with Crippen LogP contribution in [0.4, 0.5) is 0 Å². The molecule has 10 nitrogen and oxygen atoms in total. The minimum atomic E-state index is -4.61. The molecule has 0 aromatic heterocycles. The summed E-state index contributed by atoms with van der Waals surface area (Å²) in [5, 5.41) is 18.3. The zero-order chi connectivity index (χ0) is 38.4. The predicted molar refractivity (Wildman–Crippen MR) is 210 cm³/mol. The summed E-state index contributed by atoms with van der Waals surface area (Å²) in [6.07, 6.45) is 34.6. The van der Waals surface area contributed by atoms with Crippen molar-refractivity contribution in [2.45, 2.75) is 212 Å². The zero-order valence-electron chi connectivity index (χ0n) is 33.3. The van der Waals surface area contributed by atoms with Crippen LogP contribution in [-0.2, 0) is 32.7 Å².